The van der Waals surface area contributed by atoms with Crippen molar-refractivity contribution in [2.75, 3.05) is 17.5 Å². The Balaban J connectivity index is 1.81. The minimum Gasteiger partial charge on any atom is -0.494 e. The number of nitrogens with one attached hydrogen (secondary N) is 1. The number of carbonyl (C=O) groups is 2. The van der Waals surface area contributed by atoms with Crippen molar-refractivity contribution in [2.24, 2.45) is 0 Å². The molecule has 4 rings (SSSR count). The summed E-state index contributed by atoms with van der Waals surface area (Å²) in [5, 5.41) is 2.97. The van der Waals surface area contributed by atoms with E-state index in [1.54, 1.807) is 60.7 Å². The summed E-state index contributed by atoms with van der Waals surface area (Å²) in [5.74, 6) is -1.08. The normalized spacial score (nSPS) is 12.5. The number of amides is 2. The van der Waals surface area contributed by atoms with Gasteiger partial charge in [0, 0.05) is 24.6 Å². The first kappa shape index (κ1) is 34.2. The number of rotatable bonds is 15. The molecule has 0 spiro atoms. The van der Waals surface area contributed by atoms with E-state index in [1.165, 1.54) is 23.1 Å². The zero-order valence-corrected chi connectivity index (χ0v) is 27.1. The summed E-state index contributed by atoms with van der Waals surface area (Å²) in [7, 11) is -4.25. The molecule has 0 saturated heterocycles. The third-order valence-electron chi connectivity index (χ3n) is 7.62. The number of halogens is 1. The summed E-state index contributed by atoms with van der Waals surface area (Å²) in [4.78, 5) is 29.6. The summed E-state index contributed by atoms with van der Waals surface area (Å²) < 4.78 is 49.8. The largest absolute Gasteiger partial charge is 0.494 e. The van der Waals surface area contributed by atoms with Crippen LogP contribution in [0, 0.1) is 5.82 Å². The molecule has 0 bridgehead atoms. The van der Waals surface area contributed by atoms with Gasteiger partial charge < -0.3 is 15.0 Å². The zero-order valence-electron chi connectivity index (χ0n) is 26.3. The maximum Gasteiger partial charge on any atom is 0.264 e. The van der Waals surface area contributed by atoms with Crippen LogP contribution in [0.3, 0.4) is 0 Å². The molecule has 2 amide bonds. The summed E-state index contributed by atoms with van der Waals surface area (Å²) in [6.07, 6.45) is 0.795. The highest BCUT2D eigenvalue weighted by molar-refractivity contribution is 7.92. The number of carbonyl (C=O) groups excluding carboxylic acids is 2. The Kier molecular flexibility index (Phi) is 11.9. The lowest BCUT2D eigenvalue weighted by Gasteiger charge is -2.34. The molecular weight excluding hydrogens is 605 g/mol. The molecule has 10 heteroatoms. The molecule has 0 aliphatic heterocycles. The van der Waals surface area contributed by atoms with Crippen LogP contribution in [0.15, 0.2) is 114 Å². The molecule has 8 nitrogen and oxygen atoms in total. The molecule has 0 radical (unpaired) electrons. The molecule has 0 saturated carbocycles. The Morgan fingerprint density at radius 2 is 1.46 bits per heavy atom. The Labute approximate surface area is 270 Å². The van der Waals surface area contributed by atoms with Crippen molar-refractivity contribution < 1.29 is 27.1 Å². The van der Waals surface area contributed by atoms with Crippen LogP contribution in [0.1, 0.15) is 38.3 Å². The first-order chi connectivity index (χ1) is 22.1. The average molecular weight is 646 g/mol. The molecular formula is C36H40FN3O5S. The van der Waals surface area contributed by atoms with E-state index in [0.29, 0.717) is 18.8 Å². The fourth-order valence-corrected chi connectivity index (χ4v) is 6.36. The average Bonchev–Trinajstić information content (AvgIpc) is 3.07. The Morgan fingerprint density at radius 3 is 2.07 bits per heavy atom. The monoisotopic (exact) mass is 645 g/mol. The highest BCUT2D eigenvalue weighted by Gasteiger charge is 2.35. The van der Waals surface area contributed by atoms with Crippen molar-refractivity contribution in [1.29, 1.82) is 0 Å². The van der Waals surface area contributed by atoms with Gasteiger partial charge in [0.1, 0.15) is 24.2 Å². The molecule has 0 aliphatic rings. The first-order valence-corrected chi connectivity index (χ1v) is 16.8. The predicted octanol–water partition coefficient (Wildman–Crippen LogP) is 5.97. The van der Waals surface area contributed by atoms with Crippen LogP contribution in [0.5, 0.6) is 5.75 Å². The highest BCUT2D eigenvalue weighted by Crippen LogP contribution is 2.27. The van der Waals surface area contributed by atoms with Gasteiger partial charge in [0.25, 0.3) is 10.0 Å². The predicted molar refractivity (Wildman–Crippen MR) is 177 cm³/mol. The van der Waals surface area contributed by atoms with Gasteiger partial charge in [-0.2, -0.15) is 0 Å². The maximum atomic E-state index is 15.1. The van der Waals surface area contributed by atoms with Gasteiger partial charge in [-0.25, -0.2) is 12.8 Å². The lowest BCUT2D eigenvalue weighted by molar-refractivity contribution is -0.140. The SMILES string of the molecule is CCOc1ccc(N(CC(=O)N(Cc2ccccc2F)[C@H](Cc2ccccc2)C(=O)N[C@H](C)CC)S(=O)(=O)c2ccccc2)cc1. The molecule has 242 valence electrons. The minimum absolute atomic E-state index is 0.00677. The molecule has 0 unspecified atom stereocenters. The van der Waals surface area contributed by atoms with E-state index in [2.05, 4.69) is 5.32 Å². The minimum atomic E-state index is -4.25. The molecule has 0 aromatic heterocycles. The number of anilines is 1. The number of hydrogen-bond donors (Lipinski definition) is 1. The second-order valence-electron chi connectivity index (χ2n) is 10.9. The van der Waals surface area contributed by atoms with Gasteiger partial charge in [-0.3, -0.25) is 13.9 Å². The van der Waals surface area contributed by atoms with Crippen LogP contribution in [0.2, 0.25) is 0 Å². The van der Waals surface area contributed by atoms with E-state index < -0.39 is 40.2 Å². The smallest absolute Gasteiger partial charge is 0.264 e. The van der Waals surface area contributed by atoms with Gasteiger partial charge in [0.15, 0.2) is 0 Å². The van der Waals surface area contributed by atoms with Crippen LogP contribution < -0.4 is 14.4 Å². The summed E-state index contributed by atoms with van der Waals surface area (Å²) in [6.45, 7) is 5.17. The van der Waals surface area contributed by atoms with E-state index in [1.807, 2.05) is 51.1 Å². The quantitative estimate of drug-likeness (QED) is 0.172. The number of benzene rings is 4. The number of ether oxygens (including phenoxy) is 1. The third kappa shape index (κ3) is 8.72. The lowest BCUT2D eigenvalue weighted by atomic mass is 10.0. The number of sulfonamides is 1. The molecule has 0 aliphatic carbocycles. The van der Waals surface area contributed by atoms with Gasteiger partial charge in [0.05, 0.1) is 17.2 Å². The molecule has 46 heavy (non-hydrogen) atoms. The fraction of sp³-hybridized carbons (Fsp3) is 0.278. The molecule has 0 heterocycles. The first-order valence-electron chi connectivity index (χ1n) is 15.3. The highest BCUT2D eigenvalue weighted by atomic mass is 32.2. The third-order valence-corrected chi connectivity index (χ3v) is 9.40. The van der Waals surface area contributed by atoms with Gasteiger partial charge >= 0.3 is 0 Å². The zero-order chi connectivity index (χ0) is 33.1. The molecule has 2 atom stereocenters. The van der Waals surface area contributed by atoms with Gasteiger partial charge in [-0.05, 0) is 68.3 Å². The molecule has 0 fully saturated rings. The topological polar surface area (TPSA) is 96.0 Å². The second kappa shape index (κ2) is 16.0. The Morgan fingerprint density at radius 1 is 0.848 bits per heavy atom. The van der Waals surface area contributed by atoms with Crippen molar-refractivity contribution in [3.05, 3.63) is 126 Å². The summed E-state index contributed by atoms with van der Waals surface area (Å²) in [5.41, 5.74) is 1.22. The standard InChI is InChI=1S/C36H40FN3O5S/c1-4-27(3)38-36(42)34(24-28-14-8-6-9-15-28)39(25-29-16-12-13-19-33(29)37)35(41)26-40(30-20-22-31(23-21-30)45-5-2)46(43,44)32-17-10-7-11-18-32/h6-23,27,34H,4-5,24-26H2,1-3H3,(H,38,42)/t27-,34-/m1/s1. The number of hydrogen-bond acceptors (Lipinski definition) is 5. The van der Waals surface area contributed by atoms with Crippen LogP contribution >= 0.6 is 0 Å². The maximum absolute atomic E-state index is 15.1. The van der Waals surface area contributed by atoms with Crippen molar-refractivity contribution >= 4 is 27.5 Å². The van der Waals surface area contributed by atoms with Crippen LogP contribution in [0.4, 0.5) is 10.1 Å². The van der Waals surface area contributed by atoms with E-state index in [4.69, 9.17) is 4.74 Å². The molecule has 4 aromatic rings. The van der Waals surface area contributed by atoms with Crippen LogP contribution in [-0.4, -0.2) is 50.4 Å². The molecule has 4 aromatic carbocycles. The van der Waals surface area contributed by atoms with Crippen molar-refractivity contribution in [2.45, 2.75) is 57.1 Å². The van der Waals surface area contributed by atoms with Crippen LogP contribution in [0.25, 0.3) is 0 Å². The number of nitrogens with zero attached hydrogens (tertiary/aromatic N) is 2. The van der Waals surface area contributed by atoms with Crippen molar-refractivity contribution in [1.82, 2.24) is 10.2 Å². The second-order valence-corrected chi connectivity index (χ2v) is 12.8. The van der Waals surface area contributed by atoms with Gasteiger partial charge in [0.2, 0.25) is 11.8 Å². The van der Waals surface area contributed by atoms with Crippen molar-refractivity contribution in [3.8, 4) is 5.75 Å². The fourth-order valence-electron chi connectivity index (χ4n) is 4.93. The van der Waals surface area contributed by atoms with E-state index in [9.17, 15) is 18.0 Å². The Hall–Kier alpha value is -4.70. The van der Waals surface area contributed by atoms with E-state index >= 15 is 4.39 Å². The Bertz CT molecular complexity index is 1690. The lowest BCUT2D eigenvalue weighted by Crippen LogP contribution is -2.54. The van der Waals surface area contributed by atoms with Crippen LogP contribution in [-0.2, 0) is 32.6 Å². The van der Waals surface area contributed by atoms with Gasteiger partial charge in [-0.1, -0.05) is 73.7 Å². The van der Waals surface area contributed by atoms with Crippen molar-refractivity contribution in [3.63, 3.8) is 0 Å². The summed E-state index contributed by atoms with van der Waals surface area (Å²) in [6, 6.07) is 28.2. The van der Waals surface area contributed by atoms with Gasteiger partial charge in [-0.15, -0.1) is 0 Å². The summed E-state index contributed by atoms with van der Waals surface area (Å²) >= 11 is 0. The van der Waals surface area contributed by atoms with E-state index in [-0.39, 0.29) is 35.2 Å². The van der Waals surface area contributed by atoms with E-state index in [0.717, 1.165) is 9.87 Å². The molecule has 1 N–H and O–H groups in total.